The lowest BCUT2D eigenvalue weighted by atomic mass is 10.1. The molecule has 0 spiro atoms. The summed E-state index contributed by atoms with van der Waals surface area (Å²) < 4.78 is 11.1. The molecule has 0 radical (unpaired) electrons. The summed E-state index contributed by atoms with van der Waals surface area (Å²) in [5.74, 6) is 1.65. The van der Waals surface area contributed by atoms with E-state index >= 15 is 0 Å². The van der Waals surface area contributed by atoms with Gasteiger partial charge in [-0.05, 0) is 36.6 Å². The van der Waals surface area contributed by atoms with E-state index < -0.39 is 0 Å². The van der Waals surface area contributed by atoms with Gasteiger partial charge in [-0.15, -0.1) is 0 Å². The van der Waals surface area contributed by atoms with E-state index in [1.54, 1.807) is 14.2 Å². The average molecular weight is 355 g/mol. The summed E-state index contributed by atoms with van der Waals surface area (Å²) in [7, 11) is 3.45. The molecular weight excluding hydrogens is 326 g/mol. The number of methoxy groups -OCH3 is 1. The number of nitrogens with zero attached hydrogens (tertiary/aromatic N) is 1. The van der Waals surface area contributed by atoms with Crippen LogP contribution in [0, 0.1) is 0 Å². The summed E-state index contributed by atoms with van der Waals surface area (Å²) in [4.78, 5) is 4.25. The van der Waals surface area contributed by atoms with E-state index in [1.807, 2.05) is 42.5 Å². The van der Waals surface area contributed by atoms with Gasteiger partial charge in [0, 0.05) is 26.7 Å². The monoisotopic (exact) mass is 355 g/mol. The zero-order chi connectivity index (χ0) is 18.6. The molecule has 26 heavy (non-hydrogen) atoms. The smallest absolute Gasteiger partial charge is 0.191 e. The van der Waals surface area contributed by atoms with Crippen molar-refractivity contribution in [2.75, 3.05) is 27.3 Å². The number of guanidine groups is 1. The van der Waals surface area contributed by atoms with E-state index in [0.29, 0.717) is 13.2 Å². The highest BCUT2D eigenvalue weighted by atomic mass is 16.5. The molecule has 2 aromatic carbocycles. The molecule has 0 aliphatic rings. The van der Waals surface area contributed by atoms with Crippen molar-refractivity contribution in [2.24, 2.45) is 4.99 Å². The van der Waals surface area contributed by atoms with Gasteiger partial charge in [-0.25, -0.2) is 0 Å². The van der Waals surface area contributed by atoms with Crippen LogP contribution in [0.15, 0.2) is 59.6 Å². The Kier molecular flexibility index (Phi) is 8.49. The highest BCUT2D eigenvalue weighted by Gasteiger charge is 2.04. The third-order valence-corrected chi connectivity index (χ3v) is 4.09. The van der Waals surface area contributed by atoms with E-state index in [9.17, 15) is 0 Å². The molecule has 0 amide bonds. The van der Waals surface area contributed by atoms with Crippen molar-refractivity contribution < 1.29 is 9.47 Å². The van der Waals surface area contributed by atoms with Crippen LogP contribution in [-0.2, 0) is 11.3 Å². The topological polar surface area (TPSA) is 54.9 Å². The zero-order valence-corrected chi connectivity index (χ0v) is 15.9. The molecule has 0 fully saturated rings. The van der Waals surface area contributed by atoms with E-state index in [2.05, 4.69) is 34.7 Å². The zero-order valence-electron chi connectivity index (χ0n) is 15.9. The number of hydrogen-bond donors (Lipinski definition) is 2. The van der Waals surface area contributed by atoms with Gasteiger partial charge in [-0.3, -0.25) is 4.99 Å². The van der Waals surface area contributed by atoms with Gasteiger partial charge in [0.05, 0.1) is 13.2 Å². The Balaban J connectivity index is 1.62. The van der Waals surface area contributed by atoms with Crippen molar-refractivity contribution in [3.63, 3.8) is 0 Å². The molecule has 2 aromatic rings. The molecule has 0 bridgehead atoms. The predicted molar refractivity (Wildman–Crippen MR) is 107 cm³/mol. The molecule has 0 aliphatic carbocycles. The Morgan fingerprint density at radius 3 is 2.42 bits per heavy atom. The van der Waals surface area contributed by atoms with Crippen LogP contribution in [-0.4, -0.2) is 33.3 Å². The third kappa shape index (κ3) is 6.76. The maximum Gasteiger partial charge on any atom is 0.191 e. The second kappa shape index (κ2) is 11.2. The highest BCUT2D eigenvalue weighted by Crippen LogP contribution is 2.15. The lowest BCUT2D eigenvalue weighted by molar-refractivity contribution is 0.0646. The summed E-state index contributed by atoms with van der Waals surface area (Å²) >= 11 is 0. The van der Waals surface area contributed by atoms with Gasteiger partial charge >= 0.3 is 0 Å². The predicted octanol–water partition coefficient (Wildman–Crippen LogP) is 3.53. The normalized spacial score (nSPS) is 12.5. The molecule has 5 heteroatoms. The number of aliphatic imine (C=N–C) groups is 1. The quantitative estimate of drug-likeness (QED) is 0.410. The van der Waals surface area contributed by atoms with Crippen LogP contribution in [0.2, 0.25) is 0 Å². The van der Waals surface area contributed by atoms with Crippen LogP contribution in [0.1, 0.15) is 30.6 Å². The first kappa shape index (κ1) is 19.8. The molecule has 5 nitrogen and oxygen atoms in total. The van der Waals surface area contributed by atoms with Crippen LogP contribution in [0.5, 0.6) is 5.75 Å². The first-order chi connectivity index (χ1) is 12.7. The van der Waals surface area contributed by atoms with Gasteiger partial charge < -0.3 is 20.1 Å². The van der Waals surface area contributed by atoms with Gasteiger partial charge in [0.1, 0.15) is 5.75 Å². The maximum absolute atomic E-state index is 5.88. The van der Waals surface area contributed by atoms with Crippen molar-refractivity contribution >= 4 is 5.96 Å². The summed E-state index contributed by atoms with van der Waals surface area (Å²) in [6.45, 7) is 4.31. The molecule has 0 aromatic heterocycles. The van der Waals surface area contributed by atoms with Crippen LogP contribution in [0.25, 0.3) is 0 Å². The molecule has 0 aliphatic heterocycles. The Hall–Kier alpha value is -2.53. The SMILES string of the molecule is CN=C(NCCCOC(C)c1ccccc1)NCc1ccc(OC)cc1. The molecule has 1 atom stereocenters. The Bertz CT molecular complexity index is 657. The lowest BCUT2D eigenvalue weighted by Gasteiger charge is -2.15. The van der Waals surface area contributed by atoms with Gasteiger partial charge in [-0.1, -0.05) is 42.5 Å². The Labute approximate surface area is 156 Å². The van der Waals surface area contributed by atoms with Gasteiger partial charge in [-0.2, -0.15) is 0 Å². The van der Waals surface area contributed by atoms with Crippen molar-refractivity contribution in [2.45, 2.75) is 26.0 Å². The first-order valence-electron chi connectivity index (χ1n) is 8.97. The van der Waals surface area contributed by atoms with Crippen molar-refractivity contribution in [3.8, 4) is 5.75 Å². The summed E-state index contributed by atoms with van der Waals surface area (Å²) in [6, 6.07) is 18.3. The van der Waals surface area contributed by atoms with Crippen LogP contribution < -0.4 is 15.4 Å². The fourth-order valence-corrected chi connectivity index (χ4v) is 2.51. The van der Waals surface area contributed by atoms with Crippen LogP contribution in [0.3, 0.4) is 0 Å². The van der Waals surface area contributed by atoms with Gasteiger partial charge in [0.25, 0.3) is 0 Å². The van der Waals surface area contributed by atoms with Crippen molar-refractivity contribution in [1.82, 2.24) is 10.6 Å². The number of benzene rings is 2. The first-order valence-corrected chi connectivity index (χ1v) is 8.97. The van der Waals surface area contributed by atoms with Crippen LogP contribution in [0.4, 0.5) is 0 Å². The molecule has 140 valence electrons. The molecule has 0 saturated carbocycles. The number of rotatable bonds is 9. The molecule has 2 rings (SSSR count). The molecule has 0 saturated heterocycles. The fraction of sp³-hybridized carbons (Fsp3) is 0.381. The minimum atomic E-state index is 0.115. The van der Waals surface area contributed by atoms with Gasteiger partial charge in [0.15, 0.2) is 5.96 Å². The van der Waals surface area contributed by atoms with E-state index in [-0.39, 0.29) is 6.10 Å². The van der Waals surface area contributed by atoms with Crippen LogP contribution >= 0.6 is 0 Å². The second-order valence-corrected chi connectivity index (χ2v) is 5.98. The van der Waals surface area contributed by atoms with Crippen molar-refractivity contribution in [3.05, 3.63) is 65.7 Å². The second-order valence-electron chi connectivity index (χ2n) is 5.98. The summed E-state index contributed by atoms with van der Waals surface area (Å²) in [5, 5.41) is 6.62. The Morgan fingerprint density at radius 1 is 1.04 bits per heavy atom. The molecule has 1 unspecified atom stereocenters. The molecule has 2 N–H and O–H groups in total. The minimum Gasteiger partial charge on any atom is -0.497 e. The number of ether oxygens (including phenoxy) is 2. The standard InChI is InChI=1S/C21H29N3O2/c1-17(19-8-5-4-6-9-19)26-15-7-14-23-21(22-2)24-16-18-10-12-20(25-3)13-11-18/h4-6,8-13,17H,7,14-16H2,1-3H3,(H2,22,23,24). The number of hydrogen-bond acceptors (Lipinski definition) is 3. The summed E-state index contributed by atoms with van der Waals surface area (Å²) in [6.07, 6.45) is 1.03. The molecular formula is C21H29N3O2. The fourth-order valence-electron chi connectivity index (χ4n) is 2.51. The van der Waals surface area contributed by atoms with E-state index in [1.165, 1.54) is 11.1 Å². The summed E-state index contributed by atoms with van der Waals surface area (Å²) in [5.41, 5.74) is 2.38. The molecule has 0 heterocycles. The maximum atomic E-state index is 5.88. The van der Waals surface area contributed by atoms with E-state index in [4.69, 9.17) is 9.47 Å². The van der Waals surface area contributed by atoms with Crippen molar-refractivity contribution in [1.29, 1.82) is 0 Å². The highest BCUT2D eigenvalue weighted by molar-refractivity contribution is 5.79. The largest absolute Gasteiger partial charge is 0.497 e. The average Bonchev–Trinajstić information content (AvgIpc) is 2.71. The minimum absolute atomic E-state index is 0.115. The van der Waals surface area contributed by atoms with Gasteiger partial charge in [0.2, 0.25) is 0 Å². The Morgan fingerprint density at radius 2 is 1.77 bits per heavy atom. The third-order valence-electron chi connectivity index (χ3n) is 4.09. The lowest BCUT2D eigenvalue weighted by Crippen LogP contribution is -2.37. The van der Waals surface area contributed by atoms with E-state index in [0.717, 1.165) is 24.7 Å². The number of nitrogens with one attached hydrogen (secondary N) is 2.